The van der Waals surface area contributed by atoms with E-state index in [2.05, 4.69) is 37.4 Å². The van der Waals surface area contributed by atoms with Crippen LogP contribution in [0.15, 0.2) is 18.2 Å². The molecule has 2 nitrogen and oxygen atoms in total. The zero-order chi connectivity index (χ0) is 12.3. The normalized spacial score (nSPS) is 24.2. The molecular weight excluding hydrogens is 210 g/mol. The first kappa shape index (κ1) is 12.6. The van der Waals surface area contributed by atoms with Crippen molar-refractivity contribution in [2.24, 2.45) is 5.92 Å². The number of hydrogen-bond acceptors (Lipinski definition) is 2. The summed E-state index contributed by atoms with van der Waals surface area (Å²) in [4.78, 5) is 0. The fourth-order valence-corrected chi connectivity index (χ4v) is 2.81. The Balaban J connectivity index is 1.93. The Kier molecular flexibility index (Phi) is 4.19. The number of aliphatic hydroxyl groups is 1. The van der Waals surface area contributed by atoms with Crippen molar-refractivity contribution in [3.63, 3.8) is 0 Å². The topological polar surface area (TPSA) is 32.3 Å². The van der Waals surface area contributed by atoms with E-state index in [1.165, 1.54) is 36.0 Å². The second-order valence-electron chi connectivity index (χ2n) is 5.29. The minimum atomic E-state index is 0.324. The van der Waals surface area contributed by atoms with Crippen LogP contribution in [0.2, 0.25) is 0 Å². The third-order valence-electron chi connectivity index (χ3n) is 3.95. The molecule has 1 aromatic rings. The Morgan fingerprint density at radius 3 is 2.82 bits per heavy atom. The largest absolute Gasteiger partial charge is 0.396 e. The third kappa shape index (κ3) is 3.08. The van der Waals surface area contributed by atoms with Crippen LogP contribution < -0.4 is 5.32 Å². The monoisotopic (exact) mass is 233 g/mol. The van der Waals surface area contributed by atoms with E-state index in [1.54, 1.807) is 0 Å². The quantitative estimate of drug-likeness (QED) is 0.837. The van der Waals surface area contributed by atoms with E-state index in [1.807, 2.05) is 0 Å². The molecule has 1 aliphatic carbocycles. The lowest BCUT2D eigenvalue weighted by Crippen LogP contribution is -2.33. The van der Waals surface area contributed by atoms with Crippen LogP contribution in [0.3, 0.4) is 0 Å². The summed E-state index contributed by atoms with van der Waals surface area (Å²) in [7, 11) is 0. The highest BCUT2D eigenvalue weighted by atomic mass is 16.3. The van der Waals surface area contributed by atoms with Gasteiger partial charge in [0.2, 0.25) is 0 Å². The number of nitrogens with one attached hydrogen (secondary N) is 1. The molecule has 0 spiro atoms. The predicted molar refractivity (Wildman–Crippen MR) is 71.0 cm³/mol. The van der Waals surface area contributed by atoms with Crippen LogP contribution in [-0.2, 0) is 6.54 Å². The number of aryl methyl sites for hydroxylation is 2. The van der Waals surface area contributed by atoms with Gasteiger partial charge in [0.05, 0.1) is 0 Å². The molecule has 0 aliphatic heterocycles. The lowest BCUT2D eigenvalue weighted by Gasteiger charge is -2.19. The molecule has 2 atom stereocenters. The highest BCUT2D eigenvalue weighted by molar-refractivity contribution is 5.30. The second kappa shape index (κ2) is 5.65. The first-order valence-corrected chi connectivity index (χ1v) is 6.61. The molecular formula is C15H23NO. The maximum absolute atomic E-state index is 9.28. The Morgan fingerprint density at radius 2 is 2.12 bits per heavy atom. The average Bonchev–Trinajstić information content (AvgIpc) is 2.75. The van der Waals surface area contributed by atoms with Gasteiger partial charge in [0.25, 0.3) is 0 Å². The number of rotatable bonds is 4. The van der Waals surface area contributed by atoms with Gasteiger partial charge in [-0.25, -0.2) is 0 Å². The van der Waals surface area contributed by atoms with Crippen molar-refractivity contribution in [3.05, 3.63) is 34.9 Å². The molecule has 2 N–H and O–H groups in total. The zero-order valence-electron chi connectivity index (χ0n) is 10.9. The molecule has 2 heteroatoms. The lowest BCUT2D eigenvalue weighted by molar-refractivity contribution is 0.205. The van der Waals surface area contributed by atoms with Gasteiger partial charge in [-0.2, -0.15) is 0 Å². The molecule has 94 valence electrons. The summed E-state index contributed by atoms with van der Waals surface area (Å²) >= 11 is 0. The molecule has 0 amide bonds. The summed E-state index contributed by atoms with van der Waals surface area (Å²) in [5.41, 5.74) is 4.05. The van der Waals surface area contributed by atoms with Crippen molar-refractivity contribution in [1.82, 2.24) is 5.32 Å². The van der Waals surface area contributed by atoms with Crippen molar-refractivity contribution in [3.8, 4) is 0 Å². The molecule has 17 heavy (non-hydrogen) atoms. The summed E-state index contributed by atoms with van der Waals surface area (Å²) in [6.07, 6.45) is 3.62. The number of aliphatic hydroxyl groups excluding tert-OH is 1. The summed E-state index contributed by atoms with van der Waals surface area (Å²) < 4.78 is 0. The first-order valence-electron chi connectivity index (χ1n) is 6.61. The van der Waals surface area contributed by atoms with E-state index in [0.29, 0.717) is 18.6 Å². The van der Waals surface area contributed by atoms with E-state index in [0.717, 1.165) is 6.54 Å². The molecule has 1 fully saturated rings. The average molecular weight is 233 g/mol. The molecule has 2 rings (SSSR count). The molecule has 0 aromatic heterocycles. The molecule has 2 unspecified atom stereocenters. The molecule has 0 radical (unpaired) electrons. The smallest absolute Gasteiger partial charge is 0.0474 e. The van der Waals surface area contributed by atoms with Crippen LogP contribution >= 0.6 is 0 Å². The van der Waals surface area contributed by atoms with Gasteiger partial charge in [0.1, 0.15) is 0 Å². The SMILES string of the molecule is Cc1ccc(CNC2CCCC2CO)c(C)c1. The van der Waals surface area contributed by atoms with Crippen LogP contribution in [-0.4, -0.2) is 17.8 Å². The molecule has 1 aromatic carbocycles. The van der Waals surface area contributed by atoms with E-state index >= 15 is 0 Å². The van der Waals surface area contributed by atoms with Crippen molar-refractivity contribution in [2.75, 3.05) is 6.61 Å². The van der Waals surface area contributed by atoms with E-state index in [-0.39, 0.29) is 0 Å². The summed E-state index contributed by atoms with van der Waals surface area (Å²) in [5.74, 6) is 0.459. The first-order chi connectivity index (χ1) is 8.20. The highest BCUT2D eigenvalue weighted by Gasteiger charge is 2.25. The van der Waals surface area contributed by atoms with Gasteiger partial charge in [0.15, 0.2) is 0 Å². The Morgan fingerprint density at radius 1 is 1.29 bits per heavy atom. The standard InChI is InChI=1S/C15H23NO/c1-11-6-7-13(12(2)8-11)9-16-15-5-3-4-14(15)10-17/h6-8,14-17H,3-5,9-10H2,1-2H3. The molecule has 1 saturated carbocycles. The summed E-state index contributed by atoms with van der Waals surface area (Å²) in [6.45, 7) is 5.54. The Labute approximate surface area is 104 Å². The van der Waals surface area contributed by atoms with Gasteiger partial charge in [-0.3, -0.25) is 0 Å². The van der Waals surface area contributed by atoms with Gasteiger partial charge in [-0.05, 0) is 43.7 Å². The van der Waals surface area contributed by atoms with Crippen LogP contribution in [0.1, 0.15) is 36.0 Å². The van der Waals surface area contributed by atoms with Gasteiger partial charge < -0.3 is 10.4 Å². The Bertz CT molecular complexity index is 375. The molecule has 0 saturated heterocycles. The van der Waals surface area contributed by atoms with Crippen molar-refractivity contribution in [1.29, 1.82) is 0 Å². The fourth-order valence-electron chi connectivity index (χ4n) is 2.81. The minimum Gasteiger partial charge on any atom is -0.396 e. The van der Waals surface area contributed by atoms with Crippen molar-refractivity contribution in [2.45, 2.75) is 45.7 Å². The predicted octanol–water partition coefficient (Wildman–Crippen LogP) is 2.55. The Hall–Kier alpha value is -0.860. The highest BCUT2D eigenvalue weighted by Crippen LogP contribution is 2.25. The van der Waals surface area contributed by atoms with E-state index in [4.69, 9.17) is 0 Å². The van der Waals surface area contributed by atoms with Crippen LogP contribution in [0.25, 0.3) is 0 Å². The van der Waals surface area contributed by atoms with Crippen LogP contribution in [0.5, 0.6) is 0 Å². The van der Waals surface area contributed by atoms with Crippen molar-refractivity contribution < 1.29 is 5.11 Å². The third-order valence-corrected chi connectivity index (χ3v) is 3.95. The second-order valence-corrected chi connectivity index (χ2v) is 5.29. The van der Waals surface area contributed by atoms with E-state index < -0.39 is 0 Å². The molecule has 0 bridgehead atoms. The number of benzene rings is 1. The van der Waals surface area contributed by atoms with Gasteiger partial charge in [0, 0.05) is 19.2 Å². The van der Waals surface area contributed by atoms with Gasteiger partial charge in [-0.15, -0.1) is 0 Å². The summed E-state index contributed by atoms with van der Waals surface area (Å²) in [6, 6.07) is 7.11. The molecule has 0 heterocycles. The summed E-state index contributed by atoms with van der Waals surface area (Å²) in [5, 5.41) is 12.9. The number of hydrogen-bond donors (Lipinski definition) is 2. The maximum Gasteiger partial charge on any atom is 0.0474 e. The van der Waals surface area contributed by atoms with E-state index in [9.17, 15) is 5.11 Å². The zero-order valence-corrected chi connectivity index (χ0v) is 10.9. The fraction of sp³-hybridized carbons (Fsp3) is 0.600. The minimum absolute atomic E-state index is 0.324. The molecule has 1 aliphatic rings. The maximum atomic E-state index is 9.28. The van der Waals surface area contributed by atoms with Gasteiger partial charge >= 0.3 is 0 Å². The van der Waals surface area contributed by atoms with Crippen molar-refractivity contribution >= 4 is 0 Å². The van der Waals surface area contributed by atoms with Crippen LogP contribution in [0, 0.1) is 19.8 Å². The lowest BCUT2D eigenvalue weighted by atomic mass is 10.0. The van der Waals surface area contributed by atoms with Gasteiger partial charge in [-0.1, -0.05) is 30.2 Å². The van der Waals surface area contributed by atoms with Crippen LogP contribution in [0.4, 0.5) is 0 Å².